The molecule has 0 spiro atoms. The van der Waals surface area contributed by atoms with E-state index >= 15 is 0 Å². The Morgan fingerprint density at radius 3 is 2.48 bits per heavy atom. The highest BCUT2D eigenvalue weighted by molar-refractivity contribution is 7.09. The van der Waals surface area contributed by atoms with Gasteiger partial charge in [0.2, 0.25) is 0 Å². The fourth-order valence-corrected chi connectivity index (χ4v) is 2.97. The summed E-state index contributed by atoms with van der Waals surface area (Å²) < 4.78 is 28.6. The number of benzene rings is 1. The molecule has 1 aromatic carbocycles. The molecule has 0 amide bonds. The van der Waals surface area contributed by atoms with Gasteiger partial charge in [-0.05, 0) is 36.2 Å². The summed E-state index contributed by atoms with van der Waals surface area (Å²) in [6.07, 6.45) is 0. The van der Waals surface area contributed by atoms with Gasteiger partial charge < -0.3 is 10.5 Å². The first-order chi connectivity index (χ1) is 10.1. The van der Waals surface area contributed by atoms with Crippen LogP contribution in [0.5, 0.6) is 5.75 Å². The summed E-state index contributed by atoms with van der Waals surface area (Å²) in [6, 6.07) is 10.8. The van der Waals surface area contributed by atoms with Crippen molar-refractivity contribution in [1.82, 2.24) is 4.90 Å². The highest BCUT2D eigenvalue weighted by Gasteiger charge is 2.16. The number of hydrogen-bond acceptors (Lipinski definition) is 4. The second-order valence-corrected chi connectivity index (χ2v) is 5.73. The molecule has 3 nitrogen and oxygen atoms in total. The second-order valence-electron chi connectivity index (χ2n) is 4.69. The zero-order valence-corrected chi connectivity index (χ0v) is 12.5. The predicted octanol–water partition coefficient (Wildman–Crippen LogP) is 3.48. The molecule has 1 atom stereocenters. The van der Waals surface area contributed by atoms with Crippen LogP contribution in [0.1, 0.15) is 16.5 Å². The summed E-state index contributed by atoms with van der Waals surface area (Å²) in [5.41, 5.74) is 6.85. The molecule has 6 heteroatoms. The van der Waals surface area contributed by atoms with Crippen LogP contribution in [0, 0.1) is 0 Å². The minimum atomic E-state index is -2.80. The summed E-state index contributed by atoms with van der Waals surface area (Å²) in [7, 11) is 2.00. The Bertz CT molecular complexity index is 531. The number of hydrogen-bond donors (Lipinski definition) is 1. The van der Waals surface area contributed by atoms with Crippen LogP contribution in [0.2, 0.25) is 0 Å². The molecule has 1 aromatic heterocycles. The fraction of sp³-hybridized carbons (Fsp3) is 0.333. The van der Waals surface area contributed by atoms with E-state index in [-0.39, 0.29) is 11.8 Å². The normalized spacial score (nSPS) is 12.9. The van der Waals surface area contributed by atoms with Gasteiger partial charge in [-0.2, -0.15) is 8.78 Å². The molecule has 1 unspecified atom stereocenters. The monoisotopic (exact) mass is 312 g/mol. The Labute approximate surface area is 126 Å². The Morgan fingerprint density at radius 1 is 1.24 bits per heavy atom. The van der Waals surface area contributed by atoms with Crippen LogP contribution in [-0.2, 0) is 6.54 Å². The summed E-state index contributed by atoms with van der Waals surface area (Å²) in [6.45, 7) is -1.55. The minimum absolute atomic E-state index is 0.0349. The van der Waals surface area contributed by atoms with Gasteiger partial charge in [-0.3, -0.25) is 4.90 Å². The molecule has 2 N–H and O–H groups in total. The van der Waals surface area contributed by atoms with Gasteiger partial charge in [-0.1, -0.05) is 18.2 Å². The van der Waals surface area contributed by atoms with E-state index in [0.29, 0.717) is 6.54 Å². The first-order valence-corrected chi connectivity index (χ1v) is 7.45. The maximum absolute atomic E-state index is 12.1. The van der Waals surface area contributed by atoms with Crippen LogP contribution in [-0.4, -0.2) is 25.1 Å². The first-order valence-electron chi connectivity index (χ1n) is 6.57. The van der Waals surface area contributed by atoms with Crippen LogP contribution in [0.4, 0.5) is 8.78 Å². The van der Waals surface area contributed by atoms with Crippen LogP contribution >= 0.6 is 11.3 Å². The lowest BCUT2D eigenvalue weighted by atomic mass is 10.1. The number of ether oxygens (including phenoxy) is 1. The smallest absolute Gasteiger partial charge is 0.387 e. The lowest BCUT2D eigenvalue weighted by Crippen LogP contribution is -2.29. The molecular weight excluding hydrogens is 294 g/mol. The van der Waals surface area contributed by atoms with Gasteiger partial charge in [-0.25, -0.2) is 0 Å². The zero-order valence-electron chi connectivity index (χ0n) is 11.7. The molecule has 0 aliphatic rings. The Morgan fingerprint density at radius 2 is 1.95 bits per heavy atom. The van der Waals surface area contributed by atoms with Crippen LogP contribution in [0.25, 0.3) is 0 Å². The maximum Gasteiger partial charge on any atom is 0.387 e. The van der Waals surface area contributed by atoms with Crippen LogP contribution in [0.3, 0.4) is 0 Å². The van der Waals surface area contributed by atoms with E-state index in [1.54, 1.807) is 35.6 Å². The largest absolute Gasteiger partial charge is 0.435 e. The summed E-state index contributed by atoms with van der Waals surface area (Å²) in [5, 5.41) is 2.04. The van der Waals surface area contributed by atoms with Crippen molar-refractivity contribution in [1.29, 1.82) is 0 Å². The summed E-state index contributed by atoms with van der Waals surface area (Å²) >= 11 is 1.70. The second kappa shape index (κ2) is 7.49. The van der Waals surface area contributed by atoms with Crippen LogP contribution in [0.15, 0.2) is 41.8 Å². The van der Waals surface area contributed by atoms with Gasteiger partial charge in [0.15, 0.2) is 0 Å². The van der Waals surface area contributed by atoms with Gasteiger partial charge in [0, 0.05) is 24.0 Å². The fourth-order valence-electron chi connectivity index (χ4n) is 2.20. The molecule has 0 aliphatic carbocycles. The van der Waals surface area contributed by atoms with Crippen molar-refractivity contribution < 1.29 is 13.5 Å². The molecule has 2 aromatic rings. The predicted molar refractivity (Wildman–Crippen MR) is 80.7 cm³/mol. The maximum atomic E-state index is 12.1. The number of halogens is 2. The van der Waals surface area contributed by atoms with Gasteiger partial charge in [0.25, 0.3) is 0 Å². The number of thiophene rings is 1. The Hall–Kier alpha value is -1.50. The van der Waals surface area contributed by atoms with Crippen molar-refractivity contribution in [3.05, 3.63) is 52.2 Å². The average molecular weight is 312 g/mol. The first kappa shape index (κ1) is 15.9. The molecule has 0 radical (unpaired) electrons. The third kappa shape index (κ3) is 4.49. The van der Waals surface area contributed by atoms with Gasteiger partial charge in [0.05, 0.1) is 0 Å². The molecule has 0 aliphatic heterocycles. The standard InChI is InChI=1S/C15H18F2N2OS/c1-19(10-13-3-2-8-21-13)14(9-18)11-4-6-12(7-5-11)20-15(16)17/h2-8,14-15H,9-10,18H2,1H3. The molecule has 1 heterocycles. The number of likely N-dealkylation sites (N-methyl/N-ethyl adjacent to an activating group) is 1. The van der Waals surface area contributed by atoms with Crippen molar-refractivity contribution in [3.63, 3.8) is 0 Å². The molecular formula is C15H18F2N2OS. The number of nitrogens with two attached hydrogens (primary N) is 1. The highest BCUT2D eigenvalue weighted by atomic mass is 32.1. The minimum Gasteiger partial charge on any atom is -0.435 e. The van der Waals surface area contributed by atoms with Crippen molar-refractivity contribution in [3.8, 4) is 5.75 Å². The Kier molecular flexibility index (Phi) is 5.67. The van der Waals surface area contributed by atoms with Gasteiger partial charge in [0.1, 0.15) is 5.75 Å². The molecule has 0 saturated heterocycles. The summed E-state index contributed by atoms with van der Waals surface area (Å²) in [5.74, 6) is 0.158. The lowest BCUT2D eigenvalue weighted by molar-refractivity contribution is -0.0498. The van der Waals surface area contributed by atoms with Gasteiger partial charge in [-0.15, -0.1) is 11.3 Å². The van der Waals surface area contributed by atoms with Crippen molar-refractivity contribution in [2.24, 2.45) is 5.73 Å². The van der Waals surface area contributed by atoms with Crippen molar-refractivity contribution >= 4 is 11.3 Å². The van der Waals surface area contributed by atoms with Crippen molar-refractivity contribution in [2.45, 2.75) is 19.2 Å². The van der Waals surface area contributed by atoms with E-state index < -0.39 is 6.61 Å². The third-order valence-electron chi connectivity index (χ3n) is 3.23. The van der Waals surface area contributed by atoms with Gasteiger partial charge >= 0.3 is 6.61 Å². The van der Waals surface area contributed by atoms with Crippen molar-refractivity contribution in [2.75, 3.05) is 13.6 Å². The van der Waals surface area contributed by atoms with E-state index in [0.717, 1.165) is 12.1 Å². The lowest BCUT2D eigenvalue weighted by Gasteiger charge is -2.27. The third-order valence-corrected chi connectivity index (χ3v) is 4.09. The quantitative estimate of drug-likeness (QED) is 0.850. The number of alkyl halides is 2. The van der Waals surface area contributed by atoms with E-state index in [9.17, 15) is 8.78 Å². The molecule has 0 fully saturated rings. The van der Waals surface area contributed by atoms with E-state index in [1.165, 1.54) is 4.88 Å². The van der Waals surface area contributed by atoms with E-state index in [1.807, 2.05) is 18.5 Å². The SMILES string of the molecule is CN(Cc1cccs1)C(CN)c1ccc(OC(F)F)cc1. The average Bonchev–Trinajstić information content (AvgIpc) is 2.93. The zero-order chi connectivity index (χ0) is 15.2. The molecule has 0 bridgehead atoms. The van der Waals surface area contributed by atoms with E-state index in [2.05, 4.69) is 15.7 Å². The molecule has 114 valence electrons. The number of rotatable bonds is 7. The molecule has 21 heavy (non-hydrogen) atoms. The Balaban J connectivity index is 2.05. The van der Waals surface area contributed by atoms with Crippen LogP contribution < -0.4 is 10.5 Å². The number of nitrogens with zero attached hydrogens (tertiary/aromatic N) is 1. The summed E-state index contributed by atoms with van der Waals surface area (Å²) in [4.78, 5) is 3.41. The topological polar surface area (TPSA) is 38.5 Å². The van der Waals surface area contributed by atoms with E-state index in [4.69, 9.17) is 5.73 Å². The molecule has 2 rings (SSSR count). The molecule has 0 saturated carbocycles. The highest BCUT2D eigenvalue weighted by Crippen LogP contribution is 2.24.